The molecule has 11 heteroatoms. The second-order valence-corrected chi connectivity index (χ2v) is 9.92. The summed E-state index contributed by atoms with van der Waals surface area (Å²) in [6.45, 7) is 6.21. The van der Waals surface area contributed by atoms with Crippen LogP contribution in [0.25, 0.3) is 11.1 Å². The molecule has 1 heterocycles. The Morgan fingerprint density at radius 1 is 0.949 bits per heavy atom. The van der Waals surface area contributed by atoms with E-state index in [4.69, 9.17) is 0 Å². The molecule has 3 aromatic rings. The first-order valence-corrected chi connectivity index (χ1v) is 12.0. The van der Waals surface area contributed by atoms with E-state index in [1.54, 1.807) is 19.1 Å². The van der Waals surface area contributed by atoms with Gasteiger partial charge in [0.2, 0.25) is 5.91 Å². The third-order valence-electron chi connectivity index (χ3n) is 6.41. The van der Waals surface area contributed by atoms with Crippen LogP contribution in [0.2, 0.25) is 0 Å². The highest BCUT2D eigenvalue weighted by atomic mass is 19.4. The first-order valence-electron chi connectivity index (χ1n) is 12.0. The number of likely N-dealkylation sites (N-methyl/N-ethyl adjacent to an activating group) is 1. The molecule has 0 aliphatic carbocycles. The van der Waals surface area contributed by atoms with Crippen LogP contribution in [0.4, 0.5) is 37.8 Å². The van der Waals surface area contributed by atoms with Crippen molar-refractivity contribution < 1.29 is 36.2 Å². The maximum atomic E-state index is 13.7. The number of aromatic nitrogens is 1. The van der Waals surface area contributed by atoms with Crippen molar-refractivity contribution in [1.29, 1.82) is 0 Å². The largest absolute Gasteiger partial charge is 0.416 e. The fourth-order valence-electron chi connectivity index (χ4n) is 4.12. The number of halogens is 6. The molecule has 0 radical (unpaired) electrons. The van der Waals surface area contributed by atoms with Crippen molar-refractivity contribution in [3.63, 3.8) is 0 Å². The SMILES string of the molecule is Cc1ccccc1-c1cc(NCC(C)O)ncc1N(C)C(=O)C(C)(C)c1cc(C(F)(F)F)cc(C(F)(F)F)c1. The quantitative estimate of drug-likeness (QED) is 0.315. The van der Waals surface area contributed by atoms with Crippen LogP contribution in [0.3, 0.4) is 0 Å². The molecule has 0 aliphatic rings. The van der Waals surface area contributed by atoms with Crippen molar-refractivity contribution in [1.82, 2.24) is 4.98 Å². The van der Waals surface area contributed by atoms with Gasteiger partial charge in [-0.25, -0.2) is 4.98 Å². The van der Waals surface area contributed by atoms with E-state index in [0.29, 0.717) is 29.2 Å². The summed E-state index contributed by atoms with van der Waals surface area (Å²) in [7, 11) is 1.39. The zero-order valence-corrected chi connectivity index (χ0v) is 22.0. The average Bonchev–Trinajstić information content (AvgIpc) is 2.85. The lowest BCUT2D eigenvalue weighted by molar-refractivity contribution is -0.143. The van der Waals surface area contributed by atoms with Crippen LogP contribution >= 0.6 is 0 Å². The number of nitrogens with one attached hydrogen (secondary N) is 1. The molecule has 0 saturated carbocycles. The average molecular weight is 554 g/mol. The fourth-order valence-corrected chi connectivity index (χ4v) is 4.12. The third-order valence-corrected chi connectivity index (χ3v) is 6.41. The number of nitrogens with zero attached hydrogens (tertiary/aromatic N) is 2. The molecule has 0 fully saturated rings. The number of carbonyl (C=O) groups is 1. The molecule has 0 aliphatic heterocycles. The second-order valence-electron chi connectivity index (χ2n) is 9.92. The van der Waals surface area contributed by atoms with Crippen LogP contribution in [0, 0.1) is 6.92 Å². The standard InChI is InChI=1S/C28H29F6N3O2/c1-16-8-6-7-9-21(16)22-13-24(35-14-17(2)38)36-15-23(22)37(5)25(39)26(3,4)18-10-19(27(29,30)31)12-20(11-18)28(32,33)34/h6-13,15,17,38H,14H2,1-5H3,(H,35,36). The Hall–Kier alpha value is -3.60. The summed E-state index contributed by atoms with van der Waals surface area (Å²) in [5.74, 6) is -0.331. The van der Waals surface area contributed by atoms with Crippen molar-refractivity contribution in [3.05, 3.63) is 77.0 Å². The van der Waals surface area contributed by atoms with E-state index >= 15 is 0 Å². The molecule has 0 spiro atoms. The summed E-state index contributed by atoms with van der Waals surface area (Å²) in [5.41, 5.74) is -2.73. The summed E-state index contributed by atoms with van der Waals surface area (Å²) >= 11 is 0. The second kappa shape index (κ2) is 10.9. The predicted octanol–water partition coefficient (Wildman–Crippen LogP) is 6.83. The van der Waals surface area contributed by atoms with Crippen LogP contribution in [-0.2, 0) is 22.6 Å². The van der Waals surface area contributed by atoms with Crippen LogP contribution in [0.1, 0.15) is 43.0 Å². The van der Waals surface area contributed by atoms with Gasteiger partial charge in [0, 0.05) is 19.2 Å². The van der Waals surface area contributed by atoms with Crippen LogP contribution in [0.5, 0.6) is 0 Å². The van der Waals surface area contributed by atoms with Crippen molar-refractivity contribution in [2.45, 2.75) is 51.6 Å². The summed E-state index contributed by atoms with van der Waals surface area (Å²) in [6, 6.07) is 10.2. The Morgan fingerprint density at radius 2 is 1.49 bits per heavy atom. The Kier molecular flexibility index (Phi) is 8.35. The molecule has 1 amide bonds. The lowest BCUT2D eigenvalue weighted by atomic mass is 9.81. The topological polar surface area (TPSA) is 65.5 Å². The monoisotopic (exact) mass is 553 g/mol. The molecule has 1 atom stereocenters. The molecule has 210 valence electrons. The van der Waals surface area contributed by atoms with Gasteiger partial charge < -0.3 is 15.3 Å². The molecule has 1 unspecified atom stereocenters. The number of aliphatic hydroxyl groups is 1. The number of hydrogen-bond donors (Lipinski definition) is 2. The molecule has 0 saturated heterocycles. The molecule has 0 bridgehead atoms. The van der Waals surface area contributed by atoms with E-state index in [1.807, 2.05) is 25.1 Å². The lowest BCUT2D eigenvalue weighted by Crippen LogP contribution is -2.42. The number of benzene rings is 2. The Bertz CT molecular complexity index is 1320. The van der Waals surface area contributed by atoms with Gasteiger partial charge in [-0.05, 0) is 68.7 Å². The Morgan fingerprint density at radius 3 is 2.00 bits per heavy atom. The summed E-state index contributed by atoms with van der Waals surface area (Å²) < 4.78 is 80.9. The number of anilines is 2. The minimum absolute atomic E-state index is 0.0347. The van der Waals surface area contributed by atoms with Gasteiger partial charge in [0.15, 0.2) is 0 Å². The maximum absolute atomic E-state index is 13.7. The molecule has 3 rings (SSSR count). The fraction of sp³-hybridized carbons (Fsp3) is 0.357. The van der Waals surface area contributed by atoms with Crippen molar-refractivity contribution in [3.8, 4) is 11.1 Å². The van der Waals surface area contributed by atoms with E-state index in [1.165, 1.54) is 32.0 Å². The minimum Gasteiger partial charge on any atom is -0.392 e. The van der Waals surface area contributed by atoms with E-state index in [-0.39, 0.29) is 12.6 Å². The molecular weight excluding hydrogens is 524 g/mol. The number of pyridine rings is 1. The van der Waals surface area contributed by atoms with Gasteiger partial charge in [0.25, 0.3) is 0 Å². The van der Waals surface area contributed by atoms with Gasteiger partial charge in [-0.3, -0.25) is 4.79 Å². The smallest absolute Gasteiger partial charge is 0.392 e. The highest BCUT2D eigenvalue weighted by Gasteiger charge is 2.41. The van der Waals surface area contributed by atoms with Crippen LogP contribution in [-0.4, -0.2) is 35.7 Å². The van der Waals surface area contributed by atoms with Gasteiger partial charge in [-0.2, -0.15) is 26.3 Å². The summed E-state index contributed by atoms with van der Waals surface area (Å²) in [4.78, 5) is 19.2. The molecular formula is C28H29F6N3O2. The van der Waals surface area contributed by atoms with Crippen molar-refractivity contribution in [2.75, 3.05) is 23.8 Å². The molecule has 5 nitrogen and oxygen atoms in total. The number of rotatable bonds is 7. The minimum atomic E-state index is -5.04. The van der Waals surface area contributed by atoms with Gasteiger partial charge >= 0.3 is 12.4 Å². The predicted molar refractivity (Wildman–Crippen MR) is 137 cm³/mol. The van der Waals surface area contributed by atoms with Gasteiger partial charge in [-0.1, -0.05) is 24.3 Å². The first-order chi connectivity index (χ1) is 17.9. The summed E-state index contributed by atoms with van der Waals surface area (Å²) in [6.07, 6.45) is -9.35. The summed E-state index contributed by atoms with van der Waals surface area (Å²) in [5, 5.41) is 12.6. The third kappa shape index (κ3) is 6.70. The zero-order valence-electron chi connectivity index (χ0n) is 22.0. The highest BCUT2D eigenvalue weighted by molar-refractivity contribution is 6.03. The van der Waals surface area contributed by atoms with E-state index < -0.39 is 46.5 Å². The maximum Gasteiger partial charge on any atom is 0.416 e. The number of hydrogen-bond acceptors (Lipinski definition) is 4. The zero-order chi connectivity index (χ0) is 29.3. The number of amides is 1. The molecule has 39 heavy (non-hydrogen) atoms. The van der Waals surface area contributed by atoms with E-state index in [2.05, 4.69) is 10.3 Å². The molecule has 1 aromatic heterocycles. The number of alkyl halides is 6. The van der Waals surface area contributed by atoms with E-state index in [0.717, 1.165) is 11.1 Å². The molecule has 2 N–H and O–H groups in total. The molecule has 2 aromatic carbocycles. The van der Waals surface area contributed by atoms with Gasteiger partial charge in [0.05, 0.1) is 34.5 Å². The van der Waals surface area contributed by atoms with Crippen LogP contribution in [0.15, 0.2) is 54.7 Å². The number of carbonyl (C=O) groups excluding carboxylic acids is 1. The number of aliphatic hydroxyl groups excluding tert-OH is 1. The first kappa shape index (κ1) is 29.9. The Balaban J connectivity index is 2.12. The lowest BCUT2D eigenvalue weighted by Gasteiger charge is -2.32. The Labute approximate surface area is 222 Å². The van der Waals surface area contributed by atoms with E-state index in [9.17, 15) is 36.2 Å². The normalized spacial score (nSPS) is 13.2. The highest BCUT2D eigenvalue weighted by Crippen LogP contribution is 2.41. The van der Waals surface area contributed by atoms with Gasteiger partial charge in [0.1, 0.15) is 5.82 Å². The van der Waals surface area contributed by atoms with Crippen LogP contribution < -0.4 is 10.2 Å². The number of aryl methyl sites for hydroxylation is 1. The van der Waals surface area contributed by atoms with Gasteiger partial charge in [-0.15, -0.1) is 0 Å². The van der Waals surface area contributed by atoms with Crippen molar-refractivity contribution >= 4 is 17.4 Å². The van der Waals surface area contributed by atoms with Crippen molar-refractivity contribution in [2.24, 2.45) is 0 Å².